The Labute approximate surface area is 162 Å². The molecule has 0 spiro atoms. The van der Waals surface area contributed by atoms with Gasteiger partial charge in [-0.05, 0) is 41.8 Å². The monoisotopic (exact) mass is 386 g/mol. The smallest absolute Gasteiger partial charge is 0.266 e. The van der Waals surface area contributed by atoms with Crippen LogP contribution in [-0.4, -0.2) is 19.6 Å². The van der Waals surface area contributed by atoms with Crippen molar-refractivity contribution in [2.75, 3.05) is 19.0 Å². The molecule has 1 amide bonds. The zero-order valence-corrected chi connectivity index (χ0v) is 15.8. The van der Waals surface area contributed by atoms with Crippen LogP contribution in [0.5, 0.6) is 11.5 Å². The fraction of sp³-hybridized carbons (Fsp3) is 0.238. The van der Waals surface area contributed by atoms with Gasteiger partial charge in [0.15, 0.2) is 11.5 Å². The van der Waals surface area contributed by atoms with E-state index in [1.54, 1.807) is 24.3 Å². The average Bonchev–Trinajstić information content (AvgIpc) is 2.66. The van der Waals surface area contributed by atoms with E-state index in [-0.39, 0.29) is 11.3 Å². The van der Waals surface area contributed by atoms with E-state index in [9.17, 15) is 18.8 Å². The number of halogens is 2. The van der Waals surface area contributed by atoms with Gasteiger partial charge in [-0.25, -0.2) is 8.78 Å². The molecule has 0 fully saturated rings. The summed E-state index contributed by atoms with van der Waals surface area (Å²) in [5, 5.41) is 11.6. The molecule has 2 aromatic rings. The summed E-state index contributed by atoms with van der Waals surface area (Å²) < 4.78 is 37.6. The van der Waals surface area contributed by atoms with Crippen molar-refractivity contribution >= 4 is 17.7 Å². The first-order chi connectivity index (χ1) is 13.3. The van der Waals surface area contributed by atoms with Crippen molar-refractivity contribution in [1.29, 1.82) is 5.26 Å². The maximum atomic E-state index is 13.7. The minimum atomic E-state index is -0.931. The Morgan fingerprint density at radius 2 is 1.96 bits per heavy atom. The molecule has 0 aliphatic heterocycles. The van der Waals surface area contributed by atoms with E-state index in [1.165, 1.54) is 13.2 Å². The summed E-state index contributed by atoms with van der Waals surface area (Å²) >= 11 is 0. The molecule has 0 atom stereocenters. The third-order valence-electron chi connectivity index (χ3n) is 3.62. The first-order valence-corrected chi connectivity index (χ1v) is 8.53. The van der Waals surface area contributed by atoms with Gasteiger partial charge in [-0.15, -0.1) is 0 Å². The predicted octanol–water partition coefficient (Wildman–Crippen LogP) is 4.55. The van der Waals surface area contributed by atoms with E-state index in [1.807, 2.05) is 13.8 Å². The summed E-state index contributed by atoms with van der Waals surface area (Å²) in [6, 6.07) is 9.48. The van der Waals surface area contributed by atoms with Gasteiger partial charge in [0, 0.05) is 6.07 Å². The highest BCUT2D eigenvalue weighted by Gasteiger charge is 2.14. The van der Waals surface area contributed by atoms with Crippen LogP contribution in [0.2, 0.25) is 0 Å². The van der Waals surface area contributed by atoms with E-state index < -0.39 is 17.5 Å². The summed E-state index contributed by atoms with van der Waals surface area (Å²) in [6.07, 6.45) is 1.35. The number of benzene rings is 2. The Kier molecular flexibility index (Phi) is 7.10. The highest BCUT2D eigenvalue weighted by molar-refractivity contribution is 6.09. The van der Waals surface area contributed by atoms with Crippen LogP contribution in [0.4, 0.5) is 14.5 Å². The van der Waals surface area contributed by atoms with Crippen LogP contribution >= 0.6 is 0 Å². The Morgan fingerprint density at radius 3 is 2.57 bits per heavy atom. The molecule has 2 aromatic carbocycles. The van der Waals surface area contributed by atoms with Crippen molar-refractivity contribution in [3.05, 3.63) is 59.2 Å². The number of ether oxygens (including phenoxy) is 2. The second-order valence-electron chi connectivity index (χ2n) is 6.36. The van der Waals surface area contributed by atoms with Crippen molar-refractivity contribution in [1.82, 2.24) is 0 Å². The van der Waals surface area contributed by atoms with Crippen molar-refractivity contribution in [2.45, 2.75) is 13.8 Å². The first-order valence-electron chi connectivity index (χ1n) is 8.53. The number of nitriles is 1. The van der Waals surface area contributed by atoms with E-state index in [0.29, 0.717) is 35.7 Å². The van der Waals surface area contributed by atoms with E-state index in [2.05, 4.69) is 5.32 Å². The molecule has 7 heteroatoms. The Hall–Kier alpha value is -3.40. The number of carbonyl (C=O) groups is 1. The number of nitrogens with one attached hydrogen (secondary N) is 1. The van der Waals surface area contributed by atoms with Gasteiger partial charge >= 0.3 is 0 Å². The van der Waals surface area contributed by atoms with E-state index in [4.69, 9.17) is 9.47 Å². The van der Waals surface area contributed by atoms with Crippen LogP contribution in [0.15, 0.2) is 42.0 Å². The van der Waals surface area contributed by atoms with Crippen LogP contribution in [-0.2, 0) is 4.79 Å². The number of carbonyl (C=O) groups excluding carboxylic acids is 1. The summed E-state index contributed by atoms with van der Waals surface area (Å²) in [6.45, 7) is 4.48. The van der Waals surface area contributed by atoms with Crippen LogP contribution in [0.3, 0.4) is 0 Å². The fourth-order valence-electron chi connectivity index (χ4n) is 2.25. The zero-order chi connectivity index (χ0) is 20.7. The number of amides is 1. The Morgan fingerprint density at radius 1 is 1.21 bits per heavy atom. The molecule has 0 radical (unpaired) electrons. The summed E-state index contributed by atoms with van der Waals surface area (Å²) in [5.41, 5.74) is 0.0674. The molecule has 0 aliphatic carbocycles. The predicted molar refractivity (Wildman–Crippen MR) is 102 cm³/mol. The van der Waals surface area contributed by atoms with Crippen molar-refractivity contribution in [3.8, 4) is 17.6 Å². The maximum Gasteiger partial charge on any atom is 0.266 e. The molecule has 0 bridgehead atoms. The second kappa shape index (κ2) is 9.51. The molecule has 2 rings (SSSR count). The number of nitrogens with zero attached hydrogens (tertiary/aromatic N) is 1. The highest BCUT2D eigenvalue weighted by atomic mass is 19.1. The van der Waals surface area contributed by atoms with Gasteiger partial charge in [-0.3, -0.25) is 4.79 Å². The average molecular weight is 386 g/mol. The van der Waals surface area contributed by atoms with Gasteiger partial charge in [0.25, 0.3) is 5.91 Å². The van der Waals surface area contributed by atoms with Gasteiger partial charge in [0.2, 0.25) is 0 Å². The molecule has 1 N–H and O–H groups in total. The van der Waals surface area contributed by atoms with Gasteiger partial charge in [0.05, 0.1) is 19.4 Å². The van der Waals surface area contributed by atoms with Crippen molar-refractivity contribution in [3.63, 3.8) is 0 Å². The molecular formula is C21H20F2N2O3. The molecule has 146 valence electrons. The topological polar surface area (TPSA) is 71.3 Å². The quantitative estimate of drug-likeness (QED) is 0.560. The number of hydrogen-bond acceptors (Lipinski definition) is 4. The third kappa shape index (κ3) is 5.55. The Bertz CT molecular complexity index is 934. The first kappa shape index (κ1) is 20.9. The molecule has 0 aromatic heterocycles. The van der Waals surface area contributed by atoms with Crippen LogP contribution in [0.25, 0.3) is 6.08 Å². The fourth-order valence-corrected chi connectivity index (χ4v) is 2.25. The zero-order valence-electron chi connectivity index (χ0n) is 15.8. The standard InChI is InChI=1S/C21H20F2N2O3/c1-13(2)12-28-20-9-14(4-7-19(20)27-3)8-15(11-24)21(26)25-18-6-5-16(22)10-17(18)23/h4-10,13H,12H2,1-3H3,(H,25,26)/b15-8+. The van der Waals surface area contributed by atoms with Crippen molar-refractivity contribution in [2.24, 2.45) is 5.92 Å². The number of hydrogen-bond donors (Lipinski definition) is 1. The SMILES string of the molecule is COc1ccc(/C=C(\C#N)C(=O)Nc2ccc(F)cc2F)cc1OCC(C)C. The summed E-state index contributed by atoms with van der Waals surface area (Å²) in [4.78, 5) is 12.3. The van der Waals surface area contributed by atoms with Gasteiger partial charge in [-0.2, -0.15) is 5.26 Å². The lowest BCUT2D eigenvalue weighted by Gasteiger charge is -2.13. The molecule has 0 heterocycles. The summed E-state index contributed by atoms with van der Waals surface area (Å²) in [5.74, 6) is -1.21. The largest absolute Gasteiger partial charge is 0.493 e. The lowest BCUT2D eigenvalue weighted by atomic mass is 10.1. The molecular weight excluding hydrogens is 366 g/mol. The lowest BCUT2D eigenvalue weighted by Crippen LogP contribution is -2.14. The second-order valence-corrected chi connectivity index (χ2v) is 6.36. The normalized spacial score (nSPS) is 11.1. The van der Waals surface area contributed by atoms with Crippen molar-refractivity contribution < 1.29 is 23.0 Å². The van der Waals surface area contributed by atoms with E-state index >= 15 is 0 Å². The van der Waals surface area contributed by atoms with Gasteiger partial charge < -0.3 is 14.8 Å². The lowest BCUT2D eigenvalue weighted by molar-refractivity contribution is -0.112. The Balaban J connectivity index is 2.26. The molecule has 0 saturated heterocycles. The molecule has 0 saturated carbocycles. The number of anilines is 1. The summed E-state index contributed by atoms with van der Waals surface area (Å²) in [7, 11) is 1.51. The minimum Gasteiger partial charge on any atom is -0.493 e. The molecule has 28 heavy (non-hydrogen) atoms. The number of rotatable bonds is 7. The maximum absolute atomic E-state index is 13.7. The molecule has 0 unspecified atom stereocenters. The van der Waals surface area contributed by atoms with Crippen LogP contribution < -0.4 is 14.8 Å². The molecule has 0 aliphatic rings. The van der Waals surface area contributed by atoms with Gasteiger partial charge in [0.1, 0.15) is 23.3 Å². The van der Waals surface area contributed by atoms with Gasteiger partial charge in [-0.1, -0.05) is 19.9 Å². The minimum absolute atomic E-state index is 0.219. The van der Waals surface area contributed by atoms with Crippen LogP contribution in [0.1, 0.15) is 19.4 Å². The van der Waals surface area contributed by atoms with E-state index in [0.717, 1.165) is 12.1 Å². The molecule has 5 nitrogen and oxygen atoms in total. The number of methoxy groups -OCH3 is 1. The highest BCUT2D eigenvalue weighted by Crippen LogP contribution is 2.29. The van der Waals surface area contributed by atoms with Crippen LogP contribution in [0, 0.1) is 28.9 Å². The third-order valence-corrected chi connectivity index (χ3v) is 3.62.